The van der Waals surface area contributed by atoms with E-state index in [0.29, 0.717) is 33.4 Å². The minimum absolute atomic E-state index is 0.265. The fourth-order valence-electron chi connectivity index (χ4n) is 2.62. The predicted molar refractivity (Wildman–Crippen MR) is 124 cm³/mol. The maximum absolute atomic E-state index is 12.4. The van der Waals surface area contributed by atoms with Crippen molar-refractivity contribution in [3.63, 3.8) is 0 Å². The Balaban J connectivity index is 1.64. The van der Waals surface area contributed by atoms with Gasteiger partial charge in [-0.3, -0.25) is 4.79 Å². The number of aryl methyl sites for hydroxylation is 1. The molecule has 0 aliphatic rings. The molecule has 6 nitrogen and oxygen atoms in total. The summed E-state index contributed by atoms with van der Waals surface area (Å²) in [5.74, 6) is 0.336. The summed E-state index contributed by atoms with van der Waals surface area (Å²) in [6, 6.07) is 18.4. The Morgan fingerprint density at radius 2 is 1.67 bits per heavy atom. The number of carbonyl (C=O) groups excluding carboxylic acids is 2. The summed E-state index contributed by atoms with van der Waals surface area (Å²) >= 11 is 10.3. The van der Waals surface area contributed by atoms with Gasteiger partial charge in [-0.05, 0) is 67.1 Å². The van der Waals surface area contributed by atoms with E-state index >= 15 is 0 Å². The monoisotopic (exact) mass is 441 g/mol. The van der Waals surface area contributed by atoms with Gasteiger partial charge in [-0.1, -0.05) is 36.5 Å². The Morgan fingerprint density at radius 1 is 0.967 bits per heavy atom. The van der Waals surface area contributed by atoms with Crippen LogP contribution in [0.25, 0.3) is 0 Å². The van der Waals surface area contributed by atoms with Crippen molar-refractivity contribution in [3.05, 3.63) is 82.9 Å². The average molecular weight is 442 g/mol. The van der Waals surface area contributed by atoms with Crippen LogP contribution >= 0.6 is 24.4 Å². The molecule has 8 heteroatoms. The lowest BCUT2D eigenvalue weighted by atomic mass is 10.2. The van der Waals surface area contributed by atoms with E-state index in [2.05, 4.69) is 23.4 Å². The molecule has 0 aromatic heterocycles. The van der Waals surface area contributed by atoms with Crippen LogP contribution in [0.3, 0.4) is 0 Å². The van der Waals surface area contributed by atoms with Crippen molar-refractivity contribution in [1.82, 2.24) is 0 Å². The minimum atomic E-state index is -0.439. The first-order valence-electron chi connectivity index (χ1n) is 8.99. The maximum atomic E-state index is 12.4. The highest BCUT2D eigenvalue weighted by molar-refractivity contribution is 7.82. The molecule has 0 saturated carbocycles. The van der Waals surface area contributed by atoms with Crippen molar-refractivity contribution >= 4 is 53.4 Å². The van der Waals surface area contributed by atoms with E-state index in [9.17, 15) is 9.59 Å². The summed E-state index contributed by atoms with van der Waals surface area (Å²) in [5.41, 5.74) is 3.08. The summed E-state index contributed by atoms with van der Waals surface area (Å²) in [6.07, 6.45) is 0. The number of nitrogens with zero attached hydrogens (tertiary/aromatic N) is 1. The molecule has 0 aliphatic heterocycles. The lowest BCUT2D eigenvalue weighted by Crippen LogP contribution is -2.26. The molecule has 3 aromatic carbocycles. The van der Waals surface area contributed by atoms with Crippen molar-refractivity contribution in [1.29, 1.82) is 0 Å². The van der Waals surface area contributed by atoms with E-state index in [1.165, 1.54) is 4.31 Å². The Kier molecular flexibility index (Phi) is 6.87. The van der Waals surface area contributed by atoms with Gasteiger partial charge in [-0.25, -0.2) is 9.10 Å². The van der Waals surface area contributed by atoms with Gasteiger partial charge in [0.05, 0.1) is 12.8 Å². The molecule has 0 radical (unpaired) electrons. The Bertz CT molecular complexity index is 1070. The molecule has 0 bridgehead atoms. The number of urea groups is 1. The summed E-state index contributed by atoms with van der Waals surface area (Å²) < 4.78 is 6.30. The molecule has 30 heavy (non-hydrogen) atoms. The second kappa shape index (κ2) is 9.56. The number of benzene rings is 3. The maximum Gasteiger partial charge on any atom is 0.336 e. The van der Waals surface area contributed by atoms with Crippen molar-refractivity contribution < 1.29 is 14.3 Å². The van der Waals surface area contributed by atoms with Crippen molar-refractivity contribution in [2.45, 2.75) is 6.92 Å². The first kappa shape index (κ1) is 21.5. The largest absolute Gasteiger partial charge is 0.497 e. The standard InChI is InChI=1S/C22H20ClN3O3S/c1-14-6-7-17(13-20(14)23)25-22(28)26(30)18-10-8-16(9-11-18)24-21(27)15-4-3-5-19(12-15)29-2/h3-13,30H,1-2H3,(H,24,27)(H,25,28). The topological polar surface area (TPSA) is 70.7 Å². The highest BCUT2D eigenvalue weighted by Crippen LogP contribution is 2.24. The van der Waals surface area contributed by atoms with E-state index in [-0.39, 0.29) is 5.91 Å². The van der Waals surface area contributed by atoms with Gasteiger partial charge in [0, 0.05) is 22.0 Å². The molecule has 154 valence electrons. The van der Waals surface area contributed by atoms with E-state index in [1.54, 1.807) is 67.8 Å². The number of anilines is 3. The van der Waals surface area contributed by atoms with E-state index in [1.807, 2.05) is 13.0 Å². The third-order valence-electron chi connectivity index (χ3n) is 4.32. The number of amides is 3. The predicted octanol–water partition coefficient (Wildman–Crippen LogP) is 5.79. The lowest BCUT2D eigenvalue weighted by Gasteiger charge is -2.17. The highest BCUT2D eigenvalue weighted by atomic mass is 35.5. The van der Waals surface area contributed by atoms with Crippen molar-refractivity contribution in [3.8, 4) is 5.75 Å². The van der Waals surface area contributed by atoms with Gasteiger partial charge < -0.3 is 15.4 Å². The molecule has 0 aliphatic carbocycles. The zero-order chi connectivity index (χ0) is 21.7. The lowest BCUT2D eigenvalue weighted by molar-refractivity contribution is 0.102. The minimum Gasteiger partial charge on any atom is -0.497 e. The Labute approximate surface area is 185 Å². The molecule has 3 amide bonds. The van der Waals surface area contributed by atoms with E-state index < -0.39 is 6.03 Å². The zero-order valence-corrected chi connectivity index (χ0v) is 18.0. The summed E-state index contributed by atoms with van der Waals surface area (Å²) in [7, 11) is 1.54. The molecule has 0 fully saturated rings. The molecular weight excluding hydrogens is 422 g/mol. The van der Waals surface area contributed by atoms with Crippen LogP contribution in [0.2, 0.25) is 5.02 Å². The number of thiol groups is 1. The van der Waals surface area contributed by atoms with E-state index in [0.717, 1.165) is 5.56 Å². The van der Waals surface area contributed by atoms with Crippen LogP contribution in [-0.2, 0) is 0 Å². The number of rotatable bonds is 5. The molecular formula is C22H20ClN3O3S. The first-order valence-corrected chi connectivity index (χ1v) is 9.77. The Morgan fingerprint density at radius 3 is 2.33 bits per heavy atom. The van der Waals surface area contributed by atoms with Gasteiger partial charge in [-0.2, -0.15) is 0 Å². The molecule has 0 heterocycles. The molecule has 2 N–H and O–H groups in total. The second-order valence-corrected chi connectivity index (χ2v) is 7.25. The normalized spacial score (nSPS) is 10.3. The van der Waals surface area contributed by atoms with Gasteiger partial charge in [0.2, 0.25) is 0 Å². The summed E-state index contributed by atoms with van der Waals surface area (Å²) in [4.78, 5) is 24.8. The molecule has 0 saturated heterocycles. The SMILES string of the molecule is COc1cccc(C(=O)Nc2ccc(N(S)C(=O)Nc3ccc(C)c(Cl)c3)cc2)c1. The van der Waals surface area contributed by atoms with Gasteiger partial charge in [0.1, 0.15) is 5.75 Å². The number of ether oxygens (including phenoxy) is 1. The number of nitrogens with one attached hydrogen (secondary N) is 2. The number of hydrogen-bond donors (Lipinski definition) is 3. The van der Waals surface area contributed by atoms with Crippen LogP contribution in [0, 0.1) is 6.92 Å². The van der Waals surface area contributed by atoms with Gasteiger partial charge in [-0.15, -0.1) is 0 Å². The van der Waals surface area contributed by atoms with Gasteiger partial charge in [0.25, 0.3) is 5.91 Å². The number of halogens is 1. The van der Waals surface area contributed by atoms with Crippen LogP contribution in [0.4, 0.5) is 21.9 Å². The quantitative estimate of drug-likeness (QED) is 0.438. The second-order valence-electron chi connectivity index (χ2n) is 6.44. The average Bonchev–Trinajstić information content (AvgIpc) is 2.76. The highest BCUT2D eigenvalue weighted by Gasteiger charge is 2.13. The van der Waals surface area contributed by atoms with Crippen LogP contribution in [0.15, 0.2) is 66.7 Å². The zero-order valence-electron chi connectivity index (χ0n) is 16.3. The molecule has 0 atom stereocenters. The fourth-order valence-corrected chi connectivity index (χ4v) is 2.98. The smallest absolute Gasteiger partial charge is 0.336 e. The first-order chi connectivity index (χ1) is 14.4. The Hall–Kier alpha value is -3.16. The van der Waals surface area contributed by atoms with Crippen LogP contribution in [-0.4, -0.2) is 19.0 Å². The van der Waals surface area contributed by atoms with Crippen LogP contribution < -0.4 is 19.7 Å². The molecule has 3 aromatic rings. The fraction of sp³-hybridized carbons (Fsp3) is 0.0909. The number of carbonyl (C=O) groups is 2. The molecule has 0 unspecified atom stereocenters. The third-order valence-corrected chi connectivity index (χ3v) is 5.14. The summed E-state index contributed by atoms with van der Waals surface area (Å²) in [6.45, 7) is 1.88. The van der Waals surface area contributed by atoms with Crippen molar-refractivity contribution in [2.75, 3.05) is 22.0 Å². The van der Waals surface area contributed by atoms with Gasteiger partial charge in [0.15, 0.2) is 0 Å². The molecule has 3 rings (SSSR count). The van der Waals surface area contributed by atoms with Crippen molar-refractivity contribution in [2.24, 2.45) is 0 Å². The number of methoxy groups -OCH3 is 1. The van der Waals surface area contributed by atoms with Crippen LogP contribution in [0.1, 0.15) is 15.9 Å². The van der Waals surface area contributed by atoms with E-state index in [4.69, 9.17) is 16.3 Å². The third kappa shape index (κ3) is 5.25. The van der Waals surface area contributed by atoms with Crippen LogP contribution in [0.5, 0.6) is 5.75 Å². The number of hydrogen-bond acceptors (Lipinski definition) is 4. The molecule has 0 spiro atoms. The van der Waals surface area contributed by atoms with Gasteiger partial charge >= 0.3 is 6.03 Å². The summed E-state index contributed by atoms with van der Waals surface area (Å²) in [5, 5.41) is 6.10.